The van der Waals surface area contributed by atoms with Crippen LogP contribution in [0, 0.1) is 0 Å². The van der Waals surface area contributed by atoms with Crippen molar-refractivity contribution in [2.75, 3.05) is 7.05 Å². The number of alkyl halides is 3. The van der Waals surface area contributed by atoms with Gasteiger partial charge in [-0.15, -0.1) is 0 Å². The van der Waals surface area contributed by atoms with Crippen LogP contribution in [-0.2, 0) is 17.5 Å². The molecule has 7 heteroatoms. The van der Waals surface area contributed by atoms with Crippen molar-refractivity contribution >= 4 is 11.9 Å². The summed E-state index contributed by atoms with van der Waals surface area (Å²) in [5.41, 5.74) is -1.74. The number of carbonyl (C=O) groups is 2. The minimum Gasteiger partial charge on any atom is -0.313 e. The first-order chi connectivity index (χ1) is 11.3. The molecule has 0 aromatic heterocycles. The predicted octanol–water partition coefficient (Wildman–Crippen LogP) is 3.80. The lowest BCUT2D eigenvalue weighted by Gasteiger charge is -2.35. The van der Waals surface area contributed by atoms with Crippen LogP contribution in [0.4, 0.5) is 18.0 Å². The SMILES string of the molecule is CN1C(=O)N(Cc2ccccc2C(F)(F)F)C(=O)C12CCCCC2. The second kappa shape index (κ2) is 5.79. The molecule has 24 heavy (non-hydrogen) atoms. The predicted molar refractivity (Wildman–Crippen MR) is 81.0 cm³/mol. The molecule has 1 aliphatic heterocycles. The summed E-state index contributed by atoms with van der Waals surface area (Å²) in [4.78, 5) is 27.7. The molecule has 1 saturated carbocycles. The van der Waals surface area contributed by atoms with Gasteiger partial charge in [0.15, 0.2) is 0 Å². The lowest BCUT2D eigenvalue weighted by Crippen LogP contribution is -2.49. The van der Waals surface area contributed by atoms with Crippen molar-refractivity contribution in [1.82, 2.24) is 9.80 Å². The molecule has 0 atom stereocenters. The zero-order chi connectivity index (χ0) is 17.5. The Balaban J connectivity index is 1.92. The normalized spacial score (nSPS) is 21.0. The van der Waals surface area contributed by atoms with Crippen LogP contribution in [0.3, 0.4) is 0 Å². The first-order valence-corrected chi connectivity index (χ1v) is 8.02. The fraction of sp³-hybridized carbons (Fsp3) is 0.529. The second-order valence-electron chi connectivity index (χ2n) is 6.48. The Bertz CT molecular complexity index is 666. The molecular weight excluding hydrogens is 321 g/mol. The molecule has 130 valence electrons. The van der Waals surface area contributed by atoms with Crippen LogP contribution in [0.25, 0.3) is 0 Å². The van der Waals surface area contributed by atoms with E-state index in [1.54, 1.807) is 7.05 Å². The molecule has 2 aliphatic rings. The maximum atomic E-state index is 13.1. The minimum atomic E-state index is -4.52. The van der Waals surface area contributed by atoms with Crippen molar-refractivity contribution in [2.24, 2.45) is 0 Å². The van der Waals surface area contributed by atoms with Crippen LogP contribution >= 0.6 is 0 Å². The van der Waals surface area contributed by atoms with Crippen molar-refractivity contribution < 1.29 is 22.8 Å². The molecule has 1 aromatic rings. The molecule has 0 N–H and O–H groups in total. The highest BCUT2D eigenvalue weighted by Gasteiger charge is 2.55. The molecule has 1 aliphatic carbocycles. The molecule has 4 nitrogen and oxygen atoms in total. The molecule has 1 spiro atoms. The third-order valence-electron chi connectivity index (χ3n) is 5.14. The fourth-order valence-corrected chi connectivity index (χ4v) is 3.78. The van der Waals surface area contributed by atoms with Gasteiger partial charge in [0, 0.05) is 7.05 Å². The number of hydrogen-bond acceptors (Lipinski definition) is 2. The summed E-state index contributed by atoms with van der Waals surface area (Å²) in [5.74, 6) is -0.369. The van der Waals surface area contributed by atoms with E-state index < -0.39 is 23.3 Å². The topological polar surface area (TPSA) is 40.6 Å². The van der Waals surface area contributed by atoms with E-state index >= 15 is 0 Å². The molecule has 3 amide bonds. The van der Waals surface area contributed by atoms with Gasteiger partial charge in [-0.1, -0.05) is 37.5 Å². The molecule has 2 fully saturated rings. The summed E-state index contributed by atoms with van der Waals surface area (Å²) < 4.78 is 39.4. The number of likely N-dealkylation sites (N-methyl/N-ethyl adjacent to an activating group) is 1. The largest absolute Gasteiger partial charge is 0.416 e. The Kier molecular flexibility index (Phi) is 4.05. The van der Waals surface area contributed by atoms with Crippen LogP contribution in [0.1, 0.15) is 43.2 Å². The Labute approximate surface area is 138 Å². The van der Waals surface area contributed by atoms with Gasteiger partial charge in [-0.2, -0.15) is 13.2 Å². The molecule has 1 heterocycles. The lowest BCUT2D eigenvalue weighted by molar-refractivity contribution is -0.140. The summed E-state index contributed by atoms with van der Waals surface area (Å²) in [6.45, 7) is -0.348. The van der Waals surface area contributed by atoms with E-state index in [-0.39, 0.29) is 18.0 Å². The molecule has 1 aromatic carbocycles. The third kappa shape index (κ3) is 2.56. The first kappa shape index (κ1) is 16.8. The molecule has 0 radical (unpaired) electrons. The van der Waals surface area contributed by atoms with Gasteiger partial charge >= 0.3 is 12.2 Å². The van der Waals surface area contributed by atoms with Crippen molar-refractivity contribution in [3.8, 4) is 0 Å². The maximum Gasteiger partial charge on any atom is 0.416 e. The third-order valence-corrected chi connectivity index (χ3v) is 5.14. The summed E-state index contributed by atoms with van der Waals surface area (Å²) in [7, 11) is 1.57. The quantitative estimate of drug-likeness (QED) is 0.768. The Morgan fingerprint density at radius 2 is 1.71 bits per heavy atom. The number of urea groups is 1. The van der Waals surface area contributed by atoms with Crippen molar-refractivity contribution in [2.45, 2.75) is 50.4 Å². The smallest absolute Gasteiger partial charge is 0.313 e. The van der Waals surface area contributed by atoms with Gasteiger partial charge in [-0.25, -0.2) is 4.79 Å². The average molecular weight is 340 g/mol. The summed E-state index contributed by atoms with van der Waals surface area (Å²) in [5, 5.41) is 0. The van der Waals surface area contributed by atoms with E-state index in [1.165, 1.54) is 23.1 Å². The van der Waals surface area contributed by atoms with Crippen LogP contribution in [0.2, 0.25) is 0 Å². The molecule has 0 unspecified atom stereocenters. The zero-order valence-electron chi connectivity index (χ0n) is 13.4. The second-order valence-corrected chi connectivity index (χ2v) is 6.48. The fourth-order valence-electron chi connectivity index (χ4n) is 3.78. The number of hydrogen-bond donors (Lipinski definition) is 0. The zero-order valence-corrected chi connectivity index (χ0v) is 13.4. The van der Waals surface area contributed by atoms with Gasteiger partial charge in [0.05, 0.1) is 12.1 Å². The van der Waals surface area contributed by atoms with Gasteiger partial charge in [-0.05, 0) is 24.5 Å². The number of carbonyl (C=O) groups excluding carboxylic acids is 2. The highest BCUT2D eigenvalue weighted by molar-refractivity contribution is 6.06. The van der Waals surface area contributed by atoms with Gasteiger partial charge < -0.3 is 4.90 Å². The number of amides is 3. The number of halogens is 3. The van der Waals surface area contributed by atoms with E-state index in [2.05, 4.69) is 0 Å². The number of nitrogens with zero attached hydrogens (tertiary/aromatic N) is 2. The molecule has 1 saturated heterocycles. The molecule has 3 rings (SSSR count). The number of rotatable bonds is 2. The molecular formula is C17H19F3N2O2. The summed E-state index contributed by atoms with van der Waals surface area (Å²) in [6, 6.07) is 4.55. The highest BCUT2D eigenvalue weighted by Crippen LogP contribution is 2.40. The highest BCUT2D eigenvalue weighted by atomic mass is 19.4. The van der Waals surface area contributed by atoms with Gasteiger partial charge in [-0.3, -0.25) is 9.69 Å². The van der Waals surface area contributed by atoms with Crippen molar-refractivity contribution in [1.29, 1.82) is 0 Å². The first-order valence-electron chi connectivity index (χ1n) is 8.02. The van der Waals surface area contributed by atoms with E-state index in [4.69, 9.17) is 0 Å². The lowest BCUT2D eigenvalue weighted by atomic mass is 9.80. The average Bonchev–Trinajstić information content (AvgIpc) is 2.72. The summed E-state index contributed by atoms with van der Waals surface area (Å²) in [6.07, 6.45) is -0.672. The van der Waals surface area contributed by atoms with Gasteiger partial charge in [0.2, 0.25) is 0 Å². The summed E-state index contributed by atoms with van der Waals surface area (Å²) >= 11 is 0. The van der Waals surface area contributed by atoms with Crippen LogP contribution in [-0.4, -0.2) is 34.3 Å². The number of benzene rings is 1. The maximum absolute atomic E-state index is 13.1. The Morgan fingerprint density at radius 3 is 2.33 bits per heavy atom. The Morgan fingerprint density at radius 1 is 1.08 bits per heavy atom. The van der Waals surface area contributed by atoms with E-state index in [9.17, 15) is 22.8 Å². The Hall–Kier alpha value is -2.05. The minimum absolute atomic E-state index is 0.0621. The number of imide groups is 1. The van der Waals surface area contributed by atoms with Crippen molar-refractivity contribution in [3.05, 3.63) is 35.4 Å². The van der Waals surface area contributed by atoms with Crippen LogP contribution < -0.4 is 0 Å². The molecule has 0 bridgehead atoms. The standard InChI is InChI=1S/C17H19F3N2O2/c1-21-15(24)22(14(23)16(21)9-5-2-6-10-16)11-12-7-3-4-8-13(12)17(18,19)20/h3-4,7-8H,2,5-6,9-11H2,1H3. The van der Waals surface area contributed by atoms with Gasteiger partial charge in [0.1, 0.15) is 5.54 Å². The van der Waals surface area contributed by atoms with E-state index in [1.807, 2.05) is 0 Å². The van der Waals surface area contributed by atoms with Crippen LogP contribution in [0.15, 0.2) is 24.3 Å². The van der Waals surface area contributed by atoms with E-state index in [0.29, 0.717) is 12.8 Å². The van der Waals surface area contributed by atoms with Gasteiger partial charge in [0.25, 0.3) is 5.91 Å². The van der Waals surface area contributed by atoms with E-state index in [0.717, 1.165) is 30.2 Å². The van der Waals surface area contributed by atoms with Crippen LogP contribution in [0.5, 0.6) is 0 Å². The van der Waals surface area contributed by atoms with Crippen molar-refractivity contribution in [3.63, 3.8) is 0 Å². The monoisotopic (exact) mass is 340 g/mol.